The van der Waals surface area contributed by atoms with Gasteiger partial charge in [0.1, 0.15) is 0 Å². The molecule has 3 atom stereocenters. The highest BCUT2D eigenvalue weighted by Crippen LogP contribution is 2.35. The van der Waals surface area contributed by atoms with E-state index in [1.807, 2.05) is 0 Å². The molecule has 2 fully saturated rings. The third kappa shape index (κ3) is 3.62. The molecule has 4 heteroatoms. The van der Waals surface area contributed by atoms with E-state index >= 15 is 0 Å². The molecule has 2 rings (SSSR count). The summed E-state index contributed by atoms with van der Waals surface area (Å²) in [5, 5.41) is 16.1. The van der Waals surface area contributed by atoms with Crippen LogP contribution >= 0.6 is 0 Å². The highest BCUT2D eigenvalue weighted by molar-refractivity contribution is 5.74. The molecule has 0 heterocycles. The Kier molecular flexibility index (Phi) is 4.71. The minimum Gasteiger partial charge on any atom is -0.392 e. The minimum absolute atomic E-state index is 0.0848. The molecule has 4 nitrogen and oxygen atoms in total. The van der Waals surface area contributed by atoms with Gasteiger partial charge in [-0.25, -0.2) is 4.79 Å². The predicted molar refractivity (Wildman–Crippen MR) is 75.9 cm³/mol. The molecule has 0 spiro atoms. The van der Waals surface area contributed by atoms with Crippen LogP contribution in [-0.2, 0) is 0 Å². The zero-order valence-corrected chi connectivity index (χ0v) is 12.2. The second-order valence-corrected chi connectivity index (χ2v) is 6.72. The number of urea groups is 1. The van der Waals surface area contributed by atoms with Crippen molar-refractivity contribution < 1.29 is 9.90 Å². The number of hydrogen-bond donors (Lipinski definition) is 3. The third-order valence-electron chi connectivity index (χ3n) is 5.15. The van der Waals surface area contributed by atoms with Crippen molar-refractivity contribution in [3.8, 4) is 0 Å². The molecule has 0 aromatic heterocycles. The van der Waals surface area contributed by atoms with E-state index in [1.165, 1.54) is 19.3 Å². The standard InChI is InChI=1S/C15H28N2O2/c1-11(12-6-5-7-12)17-14(19)16-10-15(2)9-4-3-8-13(15)18/h11-13,18H,3-10H2,1-2H3,(H2,16,17,19). The quantitative estimate of drug-likeness (QED) is 0.733. The normalized spacial score (nSPS) is 33.3. The number of rotatable bonds is 4. The molecule has 3 N–H and O–H groups in total. The van der Waals surface area contributed by atoms with Crippen LogP contribution in [0.25, 0.3) is 0 Å². The lowest BCUT2D eigenvalue weighted by atomic mass is 9.73. The van der Waals surface area contributed by atoms with Crippen molar-refractivity contribution in [3.05, 3.63) is 0 Å². The molecule has 0 aliphatic heterocycles. The lowest BCUT2D eigenvalue weighted by Crippen LogP contribution is -2.50. The van der Waals surface area contributed by atoms with E-state index in [-0.39, 0.29) is 23.6 Å². The van der Waals surface area contributed by atoms with Gasteiger partial charge in [-0.15, -0.1) is 0 Å². The van der Waals surface area contributed by atoms with E-state index in [4.69, 9.17) is 0 Å². The molecule has 0 bridgehead atoms. The second kappa shape index (κ2) is 6.12. The molecule has 2 saturated carbocycles. The van der Waals surface area contributed by atoms with Crippen LogP contribution in [0.1, 0.15) is 58.8 Å². The van der Waals surface area contributed by atoms with Crippen LogP contribution in [0.3, 0.4) is 0 Å². The Morgan fingerprint density at radius 1 is 1.32 bits per heavy atom. The Bertz CT molecular complexity index is 317. The molecule has 2 amide bonds. The van der Waals surface area contributed by atoms with E-state index in [1.54, 1.807) is 0 Å². The second-order valence-electron chi connectivity index (χ2n) is 6.72. The summed E-state index contributed by atoms with van der Waals surface area (Å²) in [5.74, 6) is 0.654. The summed E-state index contributed by atoms with van der Waals surface area (Å²) in [7, 11) is 0. The Balaban J connectivity index is 1.72. The Morgan fingerprint density at radius 3 is 2.63 bits per heavy atom. The van der Waals surface area contributed by atoms with Gasteiger partial charge in [0.15, 0.2) is 0 Å². The predicted octanol–water partition coefficient (Wildman–Crippen LogP) is 2.42. The van der Waals surface area contributed by atoms with Gasteiger partial charge in [0.2, 0.25) is 0 Å². The first-order chi connectivity index (χ1) is 9.01. The molecular weight excluding hydrogens is 240 g/mol. The van der Waals surface area contributed by atoms with Crippen molar-refractivity contribution in [3.63, 3.8) is 0 Å². The van der Waals surface area contributed by atoms with Crippen molar-refractivity contribution >= 4 is 6.03 Å². The van der Waals surface area contributed by atoms with Gasteiger partial charge in [-0.2, -0.15) is 0 Å². The third-order valence-corrected chi connectivity index (χ3v) is 5.15. The number of amides is 2. The molecular formula is C15H28N2O2. The summed E-state index contributed by atoms with van der Waals surface area (Å²) in [5.41, 5.74) is -0.157. The van der Waals surface area contributed by atoms with E-state index < -0.39 is 0 Å². The van der Waals surface area contributed by atoms with Crippen molar-refractivity contribution in [2.45, 2.75) is 70.9 Å². The number of aliphatic hydroxyl groups excluding tert-OH is 1. The topological polar surface area (TPSA) is 61.4 Å². The Morgan fingerprint density at radius 2 is 2.05 bits per heavy atom. The van der Waals surface area contributed by atoms with E-state index in [2.05, 4.69) is 24.5 Å². The number of carbonyl (C=O) groups is 1. The van der Waals surface area contributed by atoms with Gasteiger partial charge in [-0.1, -0.05) is 26.2 Å². The van der Waals surface area contributed by atoms with Crippen molar-refractivity contribution in [2.24, 2.45) is 11.3 Å². The van der Waals surface area contributed by atoms with Crippen LogP contribution in [0.4, 0.5) is 4.79 Å². The molecule has 110 valence electrons. The zero-order valence-electron chi connectivity index (χ0n) is 12.2. The molecule has 2 aliphatic rings. The molecule has 0 saturated heterocycles. The molecule has 0 aromatic carbocycles. The van der Waals surface area contributed by atoms with Crippen LogP contribution in [0.2, 0.25) is 0 Å². The Labute approximate surface area is 116 Å². The van der Waals surface area contributed by atoms with Crippen LogP contribution in [0.15, 0.2) is 0 Å². The SMILES string of the molecule is CC(NC(=O)NCC1(C)CCCCC1O)C1CCC1. The van der Waals surface area contributed by atoms with Crippen molar-refractivity contribution in [1.29, 1.82) is 0 Å². The molecule has 0 radical (unpaired) electrons. The summed E-state index contributed by atoms with van der Waals surface area (Å²) >= 11 is 0. The van der Waals surface area contributed by atoms with E-state index in [0.717, 1.165) is 25.7 Å². The van der Waals surface area contributed by atoms with Crippen molar-refractivity contribution in [1.82, 2.24) is 10.6 Å². The van der Waals surface area contributed by atoms with Gasteiger partial charge in [-0.05, 0) is 38.5 Å². The Hall–Kier alpha value is -0.770. The summed E-state index contributed by atoms with van der Waals surface area (Å²) in [6.45, 7) is 4.73. The van der Waals surface area contributed by atoms with Gasteiger partial charge >= 0.3 is 6.03 Å². The number of aliphatic hydroxyl groups is 1. The monoisotopic (exact) mass is 268 g/mol. The largest absolute Gasteiger partial charge is 0.392 e. The van der Waals surface area contributed by atoms with Crippen LogP contribution in [-0.4, -0.2) is 29.8 Å². The van der Waals surface area contributed by atoms with Gasteiger partial charge in [0.05, 0.1) is 6.10 Å². The van der Waals surface area contributed by atoms with Crippen LogP contribution in [0, 0.1) is 11.3 Å². The fraction of sp³-hybridized carbons (Fsp3) is 0.933. The lowest BCUT2D eigenvalue weighted by Gasteiger charge is -2.39. The summed E-state index contributed by atoms with van der Waals surface area (Å²) in [6, 6.07) is 0.177. The summed E-state index contributed by atoms with van der Waals surface area (Å²) in [4.78, 5) is 11.9. The number of nitrogens with one attached hydrogen (secondary N) is 2. The number of carbonyl (C=O) groups excluding carboxylic acids is 1. The maximum absolute atomic E-state index is 11.9. The average Bonchev–Trinajstić information content (AvgIpc) is 2.28. The van der Waals surface area contributed by atoms with Gasteiger partial charge in [0.25, 0.3) is 0 Å². The smallest absolute Gasteiger partial charge is 0.315 e. The van der Waals surface area contributed by atoms with Crippen molar-refractivity contribution in [2.75, 3.05) is 6.54 Å². The van der Waals surface area contributed by atoms with Gasteiger partial charge in [-0.3, -0.25) is 0 Å². The van der Waals surface area contributed by atoms with Crippen LogP contribution in [0.5, 0.6) is 0 Å². The maximum Gasteiger partial charge on any atom is 0.315 e. The average molecular weight is 268 g/mol. The minimum atomic E-state index is -0.286. The molecule has 3 unspecified atom stereocenters. The summed E-state index contributed by atoms with van der Waals surface area (Å²) < 4.78 is 0. The fourth-order valence-electron chi connectivity index (χ4n) is 3.19. The first-order valence-corrected chi connectivity index (χ1v) is 7.74. The molecule has 0 aromatic rings. The number of hydrogen-bond acceptors (Lipinski definition) is 2. The first kappa shape index (κ1) is 14.6. The summed E-state index contributed by atoms with van der Waals surface area (Å²) in [6.07, 6.45) is 7.57. The van der Waals surface area contributed by atoms with E-state index in [9.17, 15) is 9.90 Å². The fourth-order valence-corrected chi connectivity index (χ4v) is 3.19. The van der Waals surface area contributed by atoms with Gasteiger partial charge < -0.3 is 15.7 Å². The molecule has 19 heavy (non-hydrogen) atoms. The molecule has 2 aliphatic carbocycles. The first-order valence-electron chi connectivity index (χ1n) is 7.74. The zero-order chi connectivity index (χ0) is 13.9. The lowest BCUT2D eigenvalue weighted by molar-refractivity contribution is 0.00300. The van der Waals surface area contributed by atoms with Gasteiger partial charge in [0, 0.05) is 18.0 Å². The highest BCUT2D eigenvalue weighted by Gasteiger charge is 2.35. The highest BCUT2D eigenvalue weighted by atomic mass is 16.3. The van der Waals surface area contributed by atoms with E-state index in [0.29, 0.717) is 12.5 Å². The maximum atomic E-state index is 11.9. The van der Waals surface area contributed by atoms with Crippen LogP contribution < -0.4 is 10.6 Å².